The van der Waals surface area contributed by atoms with Gasteiger partial charge in [-0.3, -0.25) is 9.59 Å². The SMILES string of the molecule is CC/C=C\C/C=C\C/C=C\C/C=C\C/C=C\CCCCCCCCCC(=O)OC1C(OCC(NC(=O)C(O)CCCCCCCC/C=C\CCCCCC)C(O)/C=C/CCCCCCCCCCC)OC(CO)C(O)C1O. The molecule has 1 amide bonds. The maximum atomic E-state index is 13.4. The van der Waals surface area contributed by atoms with Crippen molar-refractivity contribution in [1.82, 2.24) is 5.32 Å². The molecule has 1 aliphatic heterocycles. The van der Waals surface area contributed by atoms with Gasteiger partial charge in [-0.15, -0.1) is 0 Å². The number of rotatable bonds is 52. The van der Waals surface area contributed by atoms with Crippen molar-refractivity contribution in [2.24, 2.45) is 0 Å². The van der Waals surface area contributed by atoms with Crippen molar-refractivity contribution < 1.29 is 49.3 Å². The molecule has 0 aromatic rings. The van der Waals surface area contributed by atoms with Crippen molar-refractivity contribution in [3.63, 3.8) is 0 Å². The summed E-state index contributed by atoms with van der Waals surface area (Å²) >= 11 is 0. The van der Waals surface area contributed by atoms with E-state index in [2.05, 4.69) is 99.0 Å². The Morgan fingerprint density at radius 2 is 0.935 bits per heavy atom. The van der Waals surface area contributed by atoms with E-state index in [9.17, 15) is 35.1 Å². The number of hydrogen-bond donors (Lipinski definition) is 6. The molecule has 0 radical (unpaired) electrons. The van der Waals surface area contributed by atoms with Crippen molar-refractivity contribution >= 4 is 11.9 Å². The molecule has 0 aliphatic carbocycles. The standard InChI is InChI=1S/C66H115NO10/c1-4-7-10-13-16-19-22-24-26-27-28-29-30-31-32-33-34-36-39-42-45-48-51-54-61(71)77-64-63(73)62(72)60(55-68)76-66(64)75-56-57(58(69)52-49-46-43-40-37-21-18-15-12-9-6-3)67-65(74)59(70)53-50-47-44-41-38-35-25-23-20-17-14-11-8-5-2/h7,10,16,19-20,23-24,26,28-29,31-32,49,52,57-60,62-64,66,68-70,72-73H,4-6,8-9,11-15,17-18,21-22,25,27,30,33-48,50-51,53-56H2,1-3H3,(H,67,74)/b10-7-,19-16-,23-20-,26-24-,29-28-,32-31-,52-49+. The first kappa shape index (κ1) is 71.9. The molecule has 444 valence electrons. The lowest BCUT2D eigenvalue weighted by Gasteiger charge is -2.41. The maximum absolute atomic E-state index is 13.4. The molecule has 11 nitrogen and oxygen atoms in total. The number of allylic oxidation sites excluding steroid dienone is 13. The molecule has 0 aromatic carbocycles. The number of aliphatic hydroxyl groups excluding tert-OH is 5. The van der Waals surface area contributed by atoms with Gasteiger partial charge in [0.25, 0.3) is 0 Å². The molecular weight excluding hydrogens is 967 g/mol. The molecular formula is C66H115NO10. The van der Waals surface area contributed by atoms with E-state index in [-0.39, 0.29) is 19.4 Å². The predicted octanol–water partition coefficient (Wildman–Crippen LogP) is 14.9. The zero-order chi connectivity index (χ0) is 56.1. The van der Waals surface area contributed by atoms with Crippen LogP contribution in [0.1, 0.15) is 258 Å². The van der Waals surface area contributed by atoms with E-state index in [1.165, 1.54) is 83.5 Å². The van der Waals surface area contributed by atoms with E-state index in [1.807, 2.05) is 6.08 Å². The van der Waals surface area contributed by atoms with Crippen molar-refractivity contribution in [3.8, 4) is 0 Å². The molecule has 1 aliphatic rings. The number of carbonyl (C=O) groups is 2. The lowest BCUT2D eigenvalue weighted by Crippen LogP contribution is -2.61. The van der Waals surface area contributed by atoms with Gasteiger partial charge in [0.2, 0.25) is 5.91 Å². The highest BCUT2D eigenvalue weighted by molar-refractivity contribution is 5.80. The number of unbranched alkanes of at least 4 members (excludes halogenated alkanes) is 26. The minimum Gasteiger partial charge on any atom is -0.454 e. The molecule has 0 aromatic heterocycles. The highest BCUT2D eigenvalue weighted by atomic mass is 16.7. The van der Waals surface area contributed by atoms with E-state index >= 15 is 0 Å². The first-order valence-corrected chi connectivity index (χ1v) is 31.4. The first-order valence-electron chi connectivity index (χ1n) is 31.4. The van der Waals surface area contributed by atoms with Gasteiger partial charge in [0.15, 0.2) is 12.4 Å². The summed E-state index contributed by atoms with van der Waals surface area (Å²) in [5.74, 6) is -1.21. The van der Waals surface area contributed by atoms with Gasteiger partial charge < -0.3 is 45.1 Å². The van der Waals surface area contributed by atoms with Gasteiger partial charge in [0.1, 0.15) is 24.4 Å². The Balaban J connectivity index is 2.64. The van der Waals surface area contributed by atoms with Crippen molar-refractivity contribution in [1.29, 1.82) is 0 Å². The highest BCUT2D eigenvalue weighted by Gasteiger charge is 2.47. The van der Waals surface area contributed by atoms with Crippen molar-refractivity contribution in [3.05, 3.63) is 85.1 Å². The van der Waals surface area contributed by atoms with Gasteiger partial charge in [-0.05, 0) is 96.3 Å². The van der Waals surface area contributed by atoms with Gasteiger partial charge in [0.05, 0.1) is 25.4 Å². The lowest BCUT2D eigenvalue weighted by molar-refractivity contribution is -0.305. The molecule has 77 heavy (non-hydrogen) atoms. The van der Waals surface area contributed by atoms with E-state index in [0.717, 1.165) is 128 Å². The molecule has 6 N–H and O–H groups in total. The Kier molecular flexibility index (Phi) is 49.9. The summed E-state index contributed by atoms with van der Waals surface area (Å²) in [5, 5.41) is 56.9. The average Bonchev–Trinajstić information content (AvgIpc) is 3.43. The van der Waals surface area contributed by atoms with Gasteiger partial charge in [-0.25, -0.2) is 0 Å². The molecule has 8 atom stereocenters. The summed E-state index contributed by atoms with van der Waals surface area (Å²) in [4.78, 5) is 26.5. The topological polar surface area (TPSA) is 175 Å². The van der Waals surface area contributed by atoms with Crippen LogP contribution in [0.15, 0.2) is 85.1 Å². The second-order valence-electron chi connectivity index (χ2n) is 21.4. The van der Waals surface area contributed by atoms with Crippen molar-refractivity contribution in [2.75, 3.05) is 13.2 Å². The largest absolute Gasteiger partial charge is 0.454 e. The number of esters is 1. The zero-order valence-electron chi connectivity index (χ0n) is 49.1. The first-order chi connectivity index (χ1) is 37.7. The molecule has 0 spiro atoms. The minimum atomic E-state index is -1.62. The van der Waals surface area contributed by atoms with Crippen LogP contribution in [0.5, 0.6) is 0 Å². The van der Waals surface area contributed by atoms with E-state index in [1.54, 1.807) is 6.08 Å². The Bertz CT molecular complexity index is 1570. The van der Waals surface area contributed by atoms with Crippen LogP contribution in [0.3, 0.4) is 0 Å². The van der Waals surface area contributed by atoms with Gasteiger partial charge in [0, 0.05) is 6.42 Å². The predicted molar refractivity (Wildman–Crippen MR) is 319 cm³/mol. The zero-order valence-corrected chi connectivity index (χ0v) is 49.1. The molecule has 8 unspecified atom stereocenters. The fourth-order valence-electron chi connectivity index (χ4n) is 9.32. The molecule has 1 rings (SSSR count). The third kappa shape index (κ3) is 41.5. The van der Waals surface area contributed by atoms with Crippen LogP contribution < -0.4 is 5.32 Å². The lowest BCUT2D eigenvalue weighted by atomic mass is 9.99. The molecule has 1 saturated heterocycles. The second kappa shape index (κ2) is 53.5. The van der Waals surface area contributed by atoms with Gasteiger partial charge >= 0.3 is 5.97 Å². The highest BCUT2D eigenvalue weighted by Crippen LogP contribution is 2.26. The number of amides is 1. The number of ether oxygens (including phenoxy) is 3. The van der Waals surface area contributed by atoms with Crippen LogP contribution in [0, 0.1) is 0 Å². The minimum absolute atomic E-state index is 0.107. The fourth-order valence-corrected chi connectivity index (χ4v) is 9.32. The summed E-state index contributed by atoms with van der Waals surface area (Å²) in [6.45, 7) is 5.64. The van der Waals surface area contributed by atoms with Gasteiger partial charge in [-0.1, -0.05) is 241 Å². The van der Waals surface area contributed by atoms with Crippen LogP contribution in [0.25, 0.3) is 0 Å². The maximum Gasteiger partial charge on any atom is 0.306 e. The van der Waals surface area contributed by atoms with Crippen molar-refractivity contribution in [2.45, 2.75) is 307 Å². The van der Waals surface area contributed by atoms with Crippen LogP contribution in [0.4, 0.5) is 0 Å². The van der Waals surface area contributed by atoms with Gasteiger partial charge in [-0.2, -0.15) is 0 Å². The number of hydrogen-bond acceptors (Lipinski definition) is 10. The molecule has 1 fully saturated rings. The summed E-state index contributed by atoms with van der Waals surface area (Å²) in [7, 11) is 0. The third-order valence-corrected chi connectivity index (χ3v) is 14.3. The molecule has 11 heteroatoms. The fraction of sp³-hybridized carbons (Fsp3) is 0.758. The number of carbonyl (C=O) groups excluding carboxylic acids is 2. The second-order valence-corrected chi connectivity index (χ2v) is 21.4. The quantitative estimate of drug-likeness (QED) is 0.0195. The van der Waals surface area contributed by atoms with Crippen LogP contribution in [0.2, 0.25) is 0 Å². The Labute approximate surface area is 470 Å². The van der Waals surface area contributed by atoms with E-state index in [0.29, 0.717) is 12.8 Å². The Morgan fingerprint density at radius 1 is 0.519 bits per heavy atom. The average molecular weight is 1080 g/mol. The number of aliphatic hydroxyl groups is 5. The van der Waals surface area contributed by atoms with Crippen LogP contribution in [-0.4, -0.2) is 99.6 Å². The summed E-state index contributed by atoms with van der Waals surface area (Å²) < 4.78 is 17.6. The summed E-state index contributed by atoms with van der Waals surface area (Å²) in [5.41, 5.74) is 0. The normalized spacial score (nSPS) is 19.6. The molecule has 1 heterocycles. The molecule has 0 bridgehead atoms. The smallest absolute Gasteiger partial charge is 0.306 e. The van der Waals surface area contributed by atoms with E-state index in [4.69, 9.17) is 14.2 Å². The Hall–Kier alpha value is -3.16. The third-order valence-electron chi connectivity index (χ3n) is 14.3. The summed E-state index contributed by atoms with van der Waals surface area (Å²) in [6.07, 6.45) is 59.0. The Morgan fingerprint density at radius 3 is 1.43 bits per heavy atom. The molecule has 0 saturated carbocycles. The summed E-state index contributed by atoms with van der Waals surface area (Å²) in [6, 6.07) is -1.03. The monoisotopic (exact) mass is 1080 g/mol. The number of nitrogens with one attached hydrogen (secondary N) is 1. The van der Waals surface area contributed by atoms with Crippen LogP contribution >= 0.6 is 0 Å². The van der Waals surface area contributed by atoms with Crippen LogP contribution in [-0.2, 0) is 23.8 Å². The van der Waals surface area contributed by atoms with E-state index < -0.39 is 67.4 Å².